The van der Waals surface area contributed by atoms with Crippen molar-refractivity contribution in [2.24, 2.45) is 0 Å². The Balaban J connectivity index is 2.68. The number of carbonyl (C=O) groups is 4. The third-order valence-electron chi connectivity index (χ3n) is 2.53. The van der Waals surface area contributed by atoms with E-state index in [4.69, 9.17) is 9.84 Å². The second-order valence-electron chi connectivity index (χ2n) is 4.24. The minimum absolute atomic E-state index is 0.00301. The van der Waals surface area contributed by atoms with Crippen LogP contribution in [0.25, 0.3) is 0 Å². The average Bonchev–Trinajstić information content (AvgIpc) is 2.50. The monoisotopic (exact) mass is 341 g/mol. The Bertz CT molecular complexity index is 617. The van der Waals surface area contributed by atoms with E-state index in [1.54, 1.807) is 12.1 Å². The average molecular weight is 341 g/mol. The molecule has 0 radical (unpaired) electrons. The van der Waals surface area contributed by atoms with Crippen LogP contribution in [0.2, 0.25) is 0 Å². The van der Waals surface area contributed by atoms with Gasteiger partial charge in [-0.05, 0) is 23.9 Å². The number of rotatable bonds is 6. The van der Waals surface area contributed by atoms with Crippen LogP contribution >= 0.6 is 11.8 Å². The molecule has 0 bridgehead atoms. The van der Waals surface area contributed by atoms with Crippen LogP contribution in [0.5, 0.6) is 5.75 Å². The molecule has 0 aliphatic heterocycles. The number of ether oxygens (including phenoxy) is 2. The smallest absolute Gasteiger partial charge is 0.372 e. The van der Waals surface area contributed by atoms with Gasteiger partial charge in [0.05, 0.1) is 7.11 Å². The second-order valence-corrected chi connectivity index (χ2v) is 5.20. The van der Waals surface area contributed by atoms with Gasteiger partial charge in [-0.15, -0.1) is 0 Å². The summed E-state index contributed by atoms with van der Waals surface area (Å²) in [6.45, 7) is 1.17. The zero-order valence-corrected chi connectivity index (χ0v) is 13.2. The molecule has 1 rings (SSSR count). The highest BCUT2D eigenvalue weighted by molar-refractivity contribution is 8.13. The molecule has 2 N–H and O–H groups in total. The molecule has 0 aliphatic rings. The van der Waals surface area contributed by atoms with E-state index in [2.05, 4.69) is 10.1 Å². The fourth-order valence-electron chi connectivity index (χ4n) is 1.52. The van der Waals surface area contributed by atoms with Gasteiger partial charge in [0, 0.05) is 12.7 Å². The number of hydrogen-bond donors (Lipinski definition) is 2. The third kappa shape index (κ3) is 5.99. The van der Waals surface area contributed by atoms with E-state index in [1.807, 2.05) is 0 Å². The van der Waals surface area contributed by atoms with Crippen molar-refractivity contribution in [1.82, 2.24) is 5.32 Å². The van der Waals surface area contributed by atoms with E-state index >= 15 is 0 Å². The lowest BCUT2D eigenvalue weighted by atomic mass is 10.2. The molecule has 0 heterocycles. The van der Waals surface area contributed by atoms with E-state index in [-0.39, 0.29) is 17.1 Å². The van der Waals surface area contributed by atoms with Gasteiger partial charge in [-0.2, -0.15) is 0 Å². The molecule has 0 saturated carbocycles. The second kappa shape index (κ2) is 8.79. The molecule has 1 aromatic rings. The number of nitrogens with one attached hydrogen (secondary N) is 1. The maximum absolute atomic E-state index is 11.8. The molecule has 0 fully saturated rings. The molecule has 23 heavy (non-hydrogen) atoms. The number of thioether (sulfide) groups is 1. The molecule has 1 aromatic carbocycles. The molecule has 1 atom stereocenters. The summed E-state index contributed by atoms with van der Waals surface area (Å²) < 4.78 is 9.59. The molecule has 124 valence electrons. The predicted octanol–water partition coefficient (Wildman–Crippen LogP) is 1.29. The van der Waals surface area contributed by atoms with Crippen molar-refractivity contribution < 1.29 is 33.8 Å². The highest BCUT2D eigenvalue weighted by atomic mass is 32.2. The molecule has 9 heteroatoms. The summed E-state index contributed by atoms with van der Waals surface area (Å²) in [6.07, 6.45) is 0. The summed E-state index contributed by atoms with van der Waals surface area (Å²) in [5.74, 6) is -2.67. The Labute approximate surface area is 136 Å². The summed E-state index contributed by atoms with van der Waals surface area (Å²) in [5, 5.41) is 10.3. The number of para-hydroxylation sites is 1. The van der Waals surface area contributed by atoms with Crippen molar-refractivity contribution in [3.63, 3.8) is 0 Å². The van der Waals surface area contributed by atoms with Gasteiger partial charge in [0.1, 0.15) is 17.4 Å². The Kier molecular flexibility index (Phi) is 7.07. The van der Waals surface area contributed by atoms with Crippen LogP contribution in [-0.4, -0.2) is 47.2 Å². The molecule has 0 saturated heterocycles. The number of esters is 1. The number of benzene rings is 1. The first kappa shape index (κ1) is 18.5. The minimum Gasteiger partial charge on any atom is -0.480 e. The summed E-state index contributed by atoms with van der Waals surface area (Å²) in [7, 11) is 1.20. The Morgan fingerprint density at radius 3 is 2.48 bits per heavy atom. The molecular formula is C14H15NO7S. The van der Waals surface area contributed by atoms with E-state index in [0.717, 1.165) is 0 Å². The molecule has 8 nitrogen and oxygen atoms in total. The van der Waals surface area contributed by atoms with Gasteiger partial charge < -0.3 is 19.9 Å². The number of carboxylic acid groups (broad SMARTS) is 1. The number of aliphatic carboxylic acids is 1. The van der Waals surface area contributed by atoms with E-state index in [1.165, 1.54) is 26.2 Å². The van der Waals surface area contributed by atoms with Gasteiger partial charge in [0.15, 0.2) is 0 Å². The largest absolute Gasteiger partial charge is 0.480 e. The van der Waals surface area contributed by atoms with Gasteiger partial charge in [-0.25, -0.2) is 14.4 Å². The standard InChI is InChI=1S/C14H15NO7S/c1-8(16)15-10(12(17)18)7-23-14(20)22-11-6-4-3-5-9(11)13(19)21-2/h3-6,10H,7H2,1-2H3,(H,15,16)(H,17,18)/t10-/m0/s1. The Morgan fingerprint density at radius 2 is 1.91 bits per heavy atom. The van der Waals surface area contributed by atoms with Crippen LogP contribution < -0.4 is 10.1 Å². The van der Waals surface area contributed by atoms with E-state index < -0.39 is 29.2 Å². The zero-order valence-electron chi connectivity index (χ0n) is 12.4. The predicted molar refractivity (Wildman–Crippen MR) is 81.5 cm³/mol. The van der Waals surface area contributed by atoms with Crippen molar-refractivity contribution in [2.45, 2.75) is 13.0 Å². The van der Waals surface area contributed by atoms with Crippen molar-refractivity contribution in [3.8, 4) is 5.75 Å². The first-order valence-corrected chi connectivity index (χ1v) is 7.35. The van der Waals surface area contributed by atoms with Crippen LogP contribution in [0.3, 0.4) is 0 Å². The van der Waals surface area contributed by atoms with Crippen molar-refractivity contribution in [2.75, 3.05) is 12.9 Å². The van der Waals surface area contributed by atoms with Crippen LogP contribution in [0.15, 0.2) is 24.3 Å². The fraction of sp³-hybridized carbons (Fsp3) is 0.286. The van der Waals surface area contributed by atoms with E-state index in [0.29, 0.717) is 11.8 Å². The summed E-state index contributed by atoms with van der Waals surface area (Å²) in [6, 6.07) is 4.76. The number of carboxylic acids is 1. The number of hydrogen-bond acceptors (Lipinski definition) is 7. The van der Waals surface area contributed by atoms with Gasteiger partial charge in [-0.3, -0.25) is 4.79 Å². The lowest BCUT2D eigenvalue weighted by Gasteiger charge is -2.12. The lowest BCUT2D eigenvalue weighted by molar-refractivity contribution is -0.140. The molecule has 0 unspecified atom stereocenters. The molecule has 0 spiro atoms. The first-order chi connectivity index (χ1) is 10.8. The SMILES string of the molecule is COC(=O)c1ccccc1OC(=O)SC[C@H](NC(C)=O)C(=O)O. The fourth-order valence-corrected chi connectivity index (χ4v) is 2.20. The van der Waals surface area contributed by atoms with Crippen molar-refractivity contribution in [3.05, 3.63) is 29.8 Å². The third-order valence-corrected chi connectivity index (χ3v) is 3.35. The quantitative estimate of drug-likeness (QED) is 0.743. The molecule has 0 aliphatic carbocycles. The van der Waals surface area contributed by atoms with Crippen molar-refractivity contribution >= 4 is 34.9 Å². The minimum atomic E-state index is -1.27. The van der Waals surface area contributed by atoms with Gasteiger partial charge >= 0.3 is 17.2 Å². The highest BCUT2D eigenvalue weighted by Gasteiger charge is 2.22. The van der Waals surface area contributed by atoms with Crippen molar-refractivity contribution in [1.29, 1.82) is 0 Å². The van der Waals surface area contributed by atoms with Crippen LogP contribution in [0.4, 0.5) is 4.79 Å². The lowest BCUT2D eigenvalue weighted by Crippen LogP contribution is -2.41. The summed E-state index contributed by atoms with van der Waals surface area (Å²) in [5.41, 5.74) is 0.0700. The van der Waals surface area contributed by atoms with Gasteiger partial charge in [0.2, 0.25) is 5.91 Å². The highest BCUT2D eigenvalue weighted by Crippen LogP contribution is 2.21. The molecule has 1 amide bonds. The zero-order chi connectivity index (χ0) is 17.4. The Hall–Kier alpha value is -2.55. The maximum Gasteiger partial charge on any atom is 0.372 e. The molecule has 0 aromatic heterocycles. The van der Waals surface area contributed by atoms with Crippen LogP contribution in [-0.2, 0) is 14.3 Å². The number of methoxy groups -OCH3 is 1. The number of carbonyl (C=O) groups excluding carboxylic acids is 3. The topological polar surface area (TPSA) is 119 Å². The number of amides is 1. The van der Waals surface area contributed by atoms with E-state index in [9.17, 15) is 19.2 Å². The van der Waals surface area contributed by atoms with Crippen LogP contribution in [0.1, 0.15) is 17.3 Å². The van der Waals surface area contributed by atoms with Crippen LogP contribution in [0, 0.1) is 0 Å². The first-order valence-electron chi connectivity index (χ1n) is 6.37. The molecular weight excluding hydrogens is 326 g/mol. The summed E-state index contributed by atoms with van der Waals surface area (Å²) >= 11 is 0.569. The Morgan fingerprint density at radius 1 is 1.26 bits per heavy atom. The summed E-state index contributed by atoms with van der Waals surface area (Å²) in [4.78, 5) is 45.2. The maximum atomic E-state index is 11.8. The van der Waals surface area contributed by atoms with Gasteiger partial charge in [0.25, 0.3) is 0 Å². The normalized spacial score (nSPS) is 11.2. The van der Waals surface area contributed by atoms with Gasteiger partial charge in [-0.1, -0.05) is 12.1 Å².